The van der Waals surface area contributed by atoms with Crippen LogP contribution in [0.2, 0.25) is 5.15 Å². The molecule has 2 heterocycles. The summed E-state index contributed by atoms with van der Waals surface area (Å²) in [5, 5.41) is 2.63. The number of halogens is 2. The number of nitrogens with one attached hydrogen (secondary N) is 1. The number of amides is 2. The zero-order valence-electron chi connectivity index (χ0n) is 10.3. The van der Waals surface area contributed by atoms with Crippen molar-refractivity contribution in [2.24, 2.45) is 0 Å². The highest BCUT2D eigenvalue weighted by Gasteiger charge is 2.33. The molecule has 0 spiro atoms. The summed E-state index contributed by atoms with van der Waals surface area (Å²) in [5.74, 6) is -1.32. The van der Waals surface area contributed by atoms with Gasteiger partial charge in [-0.05, 0) is 12.5 Å². The summed E-state index contributed by atoms with van der Waals surface area (Å²) < 4.78 is 13.2. The largest absolute Gasteiger partial charge is 0.353 e. The summed E-state index contributed by atoms with van der Waals surface area (Å²) >= 11 is 5.81. The molecule has 5 nitrogen and oxygen atoms in total. The van der Waals surface area contributed by atoms with Crippen LogP contribution in [-0.4, -0.2) is 40.8 Å². The fraction of sp³-hybridized carbons (Fsp3) is 0.417. The SMILES string of the molecule is CCC1C(=O)NCCN1C(=O)c1cc(F)cnc1Cl. The van der Waals surface area contributed by atoms with Gasteiger partial charge in [-0.25, -0.2) is 9.37 Å². The van der Waals surface area contributed by atoms with E-state index in [0.29, 0.717) is 19.5 Å². The van der Waals surface area contributed by atoms with E-state index in [4.69, 9.17) is 11.6 Å². The van der Waals surface area contributed by atoms with Crippen molar-refractivity contribution in [1.29, 1.82) is 0 Å². The molecule has 2 amide bonds. The van der Waals surface area contributed by atoms with Gasteiger partial charge in [-0.15, -0.1) is 0 Å². The maximum absolute atomic E-state index is 13.2. The number of pyridine rings is 1. The van der Waals surface area contributed by atoms with E-state index in [9.17, 15) is 14.0 Å². The Morgan fingerprint density at radius 2 is 2.42 bits per heavy atom. The lowest BCUT2D eigenvalue weighted by molar-refractivity contribution is -0.127. The Morgan fingerprint density at radius 3 is 3.11 bits per heavy atom. The first-order valence-electron chi connectivity index (χ1n) is 5.94. The van der Waals surface area contributed by atoms with E-state index in [1.54, 1.807) is 6.92 Å². The van der Waals surface area contributed by atoms with Gasteiger partial charge in [0.15, 0.2) is 0 Å². The first kappa shape index (κ1) is 13.7. The minimum absolute atomic E-state index is 0.0187. The van der Waals surface area contributed by atoms with Gasteiger partial charge in [0.05, 0.1) is 11.8 Å². The molecule has 0 saturated carbocycles. The summed E-state index contributed by atoms with van der Waals surface area (Å²) in [6.45, 7) is 2.55. The van der Waals surface area contributed by atoms with Crippen LogP contribution in [0.5, 0.6) is 0 Å². The van der Waals surface area contributed by atoms with Crippen LogP contribution < -0.4 is 5.32 Å². The maximum atomic E-state index is 13.2. The van der Waals surface area contributed by atoms with Crippen molar-refractivity contribution >= 4 is 23.4 Å². The van der Waals surface area contributed by atoms with E-state index < -0.39 is 17.8 Å². The lowest BCUT2D eigenvalue weighted by Gasteiger charge is -2.34. The number of hydrogen-bond acceptors (Lipinski definition) is 3. The third kappa shape index (κ3) is 2.68. The van der Waals surface area contributed by atoms with Crippen molar-refractivity contribution in [3.05, 3.63) is 28.8 Å². The molecule has 102 valence electrons. The quantitative estimate of drug-likeness (QED) is 0.831. The highest BCUT2D eigenvalue weighted by atomic mass is 35.5. The Balaban J connectivity index is 2.32. The summed E-state index contributed by atoms with van der Waals surface area (Å²) in [7, 11) is 0. The number of nitrogens with zero attached hydrogens (tertiary/aromatic N) is 2. The van der Waals surface area contributed by atoms with Crippen LogP contribution in [0.3, 0.4) is 0 Å². The Hall–Kier alpha value is -1.69. The highest BCUT2D eigenvalue weighted by molar-refractivity contribution is 6.32. The molecule has 2 rings (SSSR count). The van der Waals surface area contributed by atoms with E-state index in [-0.39, 0.29) is 16.6 Å². The smallest absolute Gasteiger partial charge is 0.257 e. The van der Waals surface area contributed by atoms with Crippen LogP contribution in [0.15, 0.2) is 12.3 Å². The topological polar surface area (TPSA) is 62.3 Å². The lowest BCUT2D eigenvalue weighted by atomic mass is 10.1. The average molecular weight is 286 g/mol. The first-order valence-corrected chi connectivity index (χ1v) is 6.32. The molecule has 1 aromatic heterocycles. The predicted molar refractivity (Wildman–Crippen MR) is 67.3 cm³/mol. The Morgan fingerprint density at radius 1 is 1.68 bits per heavy atom. The molecule has 0 radical (unpaired) electrons. The van der Waals surface area contributed by atoms with Crippen molar-refractivity contribution in [1.82, 2.24) is 15.2 Å². The van der Waals surface area contributed by atoms with Gasteiger partial charge in [0.2, 0.25) is 5.91 Å². The predicted octanol–water partition coefficient (Wildman–Crippen LogP) is 1.22. The monoisotopic (exact) mass is 285 g/mol. The van der Waals surface area contributed by atoms with E-state index in [1.807, 2.05) is 0 Å². The lowest BCUT2D eigenvalue weighted by Crippen LogP contribution is -2.57. The molecular weight excluding hydrogens is 273 g/mol. The zero-order chi connectivity index (χ0) is 14.0. The summed E-state index contributed by atoms with van der Waals surface area (Å²) in [5.41, 5.74) is -0.0187. The molecule has 0 bridgehead atoms. The maximum Gasteiger partial charge on any atom is 0.257 e. The van der Waals surface area contributed by atoms with Crippen LogP contribution in [-0.2, 0) is 4.79 Å². The molecule has 0 aromatic carbocycles. The fourth-order valence-corrected chi connectivity index (χ4v) is 2.28. The average Bonchev–Trinajstić information content (AvgIpc) is 2.40. The van der Waals surface area contributed by atoms with Gasteiger partial charge in [-0.2, -0.15) is 0 Å². The van der Waals surface area contributed by atoms with Gasteiger partial charge in [0.25, 0.3) is 5.91 Å². The molecule has 0 aliphatic carbocycles. The van der Waals surface area contributed by atoms with Crippen LogP contribution in [0, 0.1) is 5.82 Å². The van der Waals surface area contributed by atoms with Crippen molar-refractivity contribution in [3.63, 3.8) is 0 Å². The summed E-state index contributed by atoms with van der Waals surface area (Å²) in [6, 6.07) is 0.484. The number of hydrogen-bond donors (Lipinski definition) is 1. The van der Waals surface area contributed by atoms with Crippen molar-refractivity contribution in [2.75, 3.05) is 13.1 Å². The second kappa shape index (κ2) is 5.52. The van der Waals surface area contributed by atoms with Gasteiger partial charge in [-0.1, -0.05) is 18.5 Å². The molecule has 1 aromatic rings. The molecule has 1 N–H and O–H groups in total. The van der Waals surface area contributed by atoms with Crippen LogP contribution in [0.1, 0.15) is 23.7 Å². The van der Waals surface area contributed by atoms with E-state index in [2.05, 4.69) is 10.3 Å². The number of carbonyl (C=O) groups is 2. The van der Waals surface area contributed by atoms with E-state index in [1.165, 1.54) is 4.90 Å². The highest BCUT2D eigenvalue weighted by Crippen LogP contribution is 2.19. The normalized spacial score (nSPS) is 19.2. The zero-order valence-corrected chi connectivity index (χ0v) is 11.1. The van der Waals surface area contributed by atoms with Crippen molar-refractivity contribution in [3.8, 4) is 0 Å². The molecule has 1 fully saturated rings. The molecular formula is C12H13ClFN3O2. The summed E-state index contributed by atoms with van der Waals surface area (Å²) in [4.78, 5) is 29.0. The Kier molecular flexibility index (Phi) is 3.99. The van der Waals surface area contributed by atoms with Crippen LogP contribution in [0.25, 0.3) is 0 Å². The van der Waals surface area contributed by atoms with Gasteiger partial charge >= 0.3 is 0 Å². The van der Waals surface area contributed by atoms with Crippen molar-refractivity contribution in [2.45, 2.75) is 19.4 Å². The number of rotatable bonds is 2. The molecule has 1 aliphatic rings. The first-order chi connectivity index (χ1) is 9.04. The Bertz CT molecular complexity index is 524. The van der Waals surface area contributed by atoms with Gasteiger partial charge in [0.1, 0.15) is 17.0 Å². The van der Waals surface area contributed by atoms with Gasteiger partial charge < -0.3 is 10.2 Å². The van der Waals surface area contributed by atoms with E-state index >= 15 is 0 Å². The molecule has 1 atom stereocenters. The van der Waals surface area contributed by atoms with Crippen molar-refractivity contribution < 1.29 is 14.0 Å². The molecule has 7 heteroatoms. The van der Waals surface area contributed by atoms with Gasteiger partial charge in [-0.3, -0.25) is 9.59 Å². The molecule has 1 saturated heterocycles. The third-order valence-corrected chi connectivity index (χ3v) is 3.32. The number of piperazine rings is 1. The number of carbonyl (C=O) groups excluding carboxylic acids is 2. The minimum Gasteiger partial charge on any atom is -0.353 e. The standard InChI is InChI=1S/C12H13ClFN3O2/c1-2-9-11(18)15-3-4-17(9)12(19)8-5-7(14)6-16-10(8)13/h5-6,9H,2-4H2,1H3,(H,15,18). The number of aromatic nitrogens is 1. The minimum atomic E-state index is -0.637. The second-order valence-corrected chi connectivity index (χ2v) is 4.56. The third-order valence-electron chi connectivity index (χ3n) is 3.01. The molecule has 1 unspecified atom stereocenters. The molecule has 19 heavy (non-hydrogen) atoms. The van der Waals surface area contributed by atoms with Crippen LogP contribution in [0.4, 0.5) is 4.39 Å². The van der Waals surface area contributed by atoms with Gasteiger partial charge in [0, 0.05) is 13.1 Å². The second-order valence-electron chi connectivity index (χ2n) is 4.21. The fourth-order valence-electron chi connectivity index (χ4n) is 2.09. The van der Waals surface area contributed by atoms with Crippen LogP contribution >= 0.6 is 11.6 Å². The summed E-state index contributed by atoms with van der Waals surface area (Å²) in [6.07, 6.45) is 1.43. The van der Waals surface area contributed by atoms with E-state index in [0.717, 1.165) is 12.3 Å². The Labute approximate surface area is 114 Å². The molecule has 1 aliphatic heterocycles.